The molecule has 0 aliphatic carbocycles. The molecule has 0 bridgehead atoms. The molecule has 0 fully saturated rings. The van der Waals surface area contributed by atoms with E-state index in [2.05, 4.69) is 20.6 Å². The quantitative estimate of drug-likeness (QED) is 0.440. The van der Waals surface area contributed by atoms with Gasteiger partial charge in [0.1, 0.15) is 5.82 Å². The summed E-state index contributed by atoms with van der Waals surface area (Å²) in [4.78, 5) is 13.1. The summed E-state index contributed by atoms with van der Waals surface area (Å²) in [5.74, 6) is 1.20. The summed E-state index contributed by atoms with van der Waals surface area (Å²) in [7, 11) is 0. The highest BCUT2D eigenvalue weighted by molar-refractivity contribution is 7.98. The summed E-state index contributed by atoms with van der Waals surface area (Å²) in [5, 5.41) is 16.3. The van der Waals surface area contributed by atoms with E-state index in [1.165, 1.54) is 12.1 Å². The molecule has 0 saturated carbocycles. The van der Waals surface area contributed by atoms with E-state index < -0.39 is 0 Å². The zero-order valence-electron chi connectivity index (χ0n) is 18.2. The summed E-state index contributed by atoms with van der Waals surface area (Å²) < 4.78 is 16.9. The first-order valence-corrected chi connectivity index (χ1v) is 11.8. The van der Waals surface area contributed by atoms with Gasteiger partial charge in [0.25, 0.3) is 0 Å². The van der Waals surface area contributed by atoms with Crippen LogP contribution in [-0.4, -0.2) is 42.3 Å². The number of carbonyl (C=O) groups is 1. The molecule has 1 unspecified atom stereocenters. The molecule has 0 aliphatic heterocycles. The molecule has 7 nitrogen and oxygen atoms in total. The van der Waals surface area contributed by atoms with Crippen LogP contribution in [0.5, 0.6) is 0 Å². The predicted molar refractivity (Wildman–Crippen MR) is 124 cm³/mol. The maximum atomic E-state index is 13.3. The van der Waals surface area contributed by atoms with Crippen LogP contribution in [0.2, 0.25) is 0 Å². The maximum Gasteiger partial charge on any atom is 0.225 e. The first kappa shape index (κ1) is 22.0. The normalized spacial score (nSPS) is 12.2. The van der Waals surface area contributed by atoms with E-state index in [1.54, 1.807) is 28.6 Å². The Kier molecular flexibility index (Phi) is 6.55. The number of hydrogen-bond acceptors (Lipinski definition) is 5. The van der Waals surface area contributed by atoms with Crippen molar-refractivity contribution in [2.75, 3.05) is 12.0 Å². The van der Waals surface area contributed by atoms with E-state index in [-0.39, 0.29) is 24.2 Å². The monoisotopic (exact) mass is 452 g/mol. The topological polar surface area (TPSA) is 77.1 Å². The van der Waals surface area contributed by atoms with Crippen LogP contribution in [0.1, 0.15) is 35.2 Å². The molecule has 3 aromatic heterocycles. The highest BCUT2D eigenvalue weighted by atomic mass is 32.2. The highest BCUT2D eigenvalue weighted by Crippen LogP contribution is 2.21. The number of benzene rings is 1. The van der Waals surface area contributed by atoms with Crippen LogP contribution < -0.4 is 5.32 Å². The predicted octanol–water partition coefficient (Wildman–Crippen LogP) is 3.82. The number of carbonyl (C=O) groups excluding carboxylic acids is 1. The van der Waals surface area contributed by atoms with Gasteiger partial charge in [0.05, 0.1) is 23.8 Å². The van der Waals surface area contributed by atoms with E-state index in [0.717, 1.165) is 46.3 Å². The van der Waals surface area contributed by atoms with E-state index in [4.69, 9.17) is 0 Å². The second kappa shape index (κ2) is 9.52. The molecular formula is C23H25FN6OS. The third-order valence-electron chi connectivity index (χ3n) is 5.45. The second-order valence-electron chi connectivity index (χ2n) is 7.60. The van der Waals surface area contributed by atoms with Crippen LogP contribution in [0.25, 0.3) is 11.3 Å². The van der Waals surface area contributed by atoms with Gasteiger partial charge < -0.3 is 5.32 Å². The minimum Gasteiger partial charge on any atom is -0.346 e. The van der Waals surface area contributed by atoms with Gasteiger partial charge in [-0.05, 0) is 68.7 Å². The van der Waals surface area contributed by atoms with Crippen molar-refractivity contribution in [3.63, 3.8) is 0 Å². The first-order valence-electron chi connectivity index (χ1n) is 10.4. The number of nitrogens with zero attached hydrogens (tertiary/aromatic N) is 5. The number of nitrogens with one attached hydrogen (secondary N) is 1. The largest absolute Gasteiger partial charge is 0.346 e. The third-order valence-corrected chi connectivity index (χ3v) is 6.09. The van der Waals surface area contributed by atoms with Crippen LogP contribution in [0, 0.1) is 19.7 Å². The van der Waals surface area contributed by atoms with E-state index in [0.29, 0.717) is 0 Å². The molecule has 0 radical (unpaired) electrons. The van der Waals surface area contributed by atoms with Gasteiger partial charge in [-0.2, -0.15) is 16.9 Å². The van der Waals surface area contributed by atoms with Gasteiger partial charge >= 0.3 is 0 Å². The molecule has 1 amide bonds. The van der Waals surface area contributed by atoms with Crippen LogP contribution in [-0.2, 0) is 11.2 Å². The van der Waals surface area contributed by atoms with Crippen molar-refractivity contribution in [1.29, 1.82) is 0 Å². The zero-order chi connectivity index (χ0) is 22.7. The van der Waals surface area contributed by atoms with Crippen molar-refractivity contribution in [3.8, 4) is 5.69 Å². The number of amides is 1. The van der Waals surface area contributed by atoms with Crippen molar-refractivity contribution in [3.05, 3.63) is 77.3 Å². The lowest BCUT2D eigenvalue weighted by molar-refractivity contribution is -0.121. The highest BCUT2D eigenvalue weighted by Gasteiger charge is 2.22. The number of thioether (sulfide) groups is 1. The van der Waals surface area contributed by atoms with Gasteiger partial charge in [0, 0.05) is 17.5 Å². The van der Waals surface area contributed by atoms with Crippen LogP contribution in [0.15, 0.2) is 48.7 Å². The van der Waals surface area contributed by atoms with Crippen molar-refractivity contribution in [2.24, 2.45) is 0 Å². The number of halogens is 1. The SMILES string of the molecule is CSCCC(NC(=O)Cc1c(C)nn(-c2ccc(F)cc2)c1C)c1nnc2ccccn12. The number of aryl methyl sites for hydroxylation is 1. The van der Waals surface area contributed by atoms with Crippen LogP contribution in [0.3, 0.4) is 0 Å². The molecule has 1 N–H and O–H groups in total. The zero-order valence-corrected chi connectivity index (χ0v) is 19.1. The van der Waals surface area contributed by atoms with E-state index >= 15 is 0 Å². The van der Waals surface area contributed by atoms with Crippen LogP contribution >= 0.6 is 11.8 Å². The summed E-state index contributed by atoms with van der Waals surface area (Å²) in [6, 6.07) is 11.6. The molecule has 9 heteroatoms. The Morgan fingerprint density at radius 2 is 1.94 bits per heavy atom. The molecule has 0 saturated heterocycles. The summed E-state index contributed by atoms with van der Waals surface area (Å²) in [5.41, 5.74) is 4.00. The Balaban J connectivity index is 1.55. The average Bonchev–Trinajstić information content (AvgIpc) is 3.34. The Labute approximate surface area is 190 Å². The fourth-order valence-corrected chi connectivity index (χ4v) is 4.24. The summed E-state index contributed by atoms with van der Waals surface area (Å²) in [6.45, 7) is 3.80. The Morgan fingerprint density at radius 1 is 1.16 bits per heavy atom. The Morgan fingerprint density at radius 3 is 2.69 bits per heavy atom. The number of rotatable bonds is 8. The number of hydrogen-bond donors (Lipinski definition) is 1. The van der Waals surface area contributed by atoms with Crippen molar-refractivity contribution in [2.45, 2.75) is 32.7 Å². The van der Waals surface area contributed by atoms with Gasteiger partial charge in [0.2, 0.25) is 5.91 Å². The molecule has 1 atom stereocenters. The molecule has 166 valence electrons. The lowest BCUT2D eigenvalue weighted by atomic mass is 10.1. The summed E-state index contributed by atoms with van der Waals surface area (Å²) >= 11 is 1.72. The molecule has 3 heterocycles. The number of pyridine rings is 1. The van der Waals surface area contributed by atoms with Gasteiger partial charge in [-0.1, -0.05) is 6.07 Å². The fourth-order valence-electron chi connectivity index (χ4n) is 3.77. The smallest absolute Gasteiger partial charge is 0.225 e. The fraction of sp³-hybridized carbons (Fsp3) is 0.304. The van der Waals surface area contributed by atoms with Gasteiger partial charge in [0.15, 0.2) is 11.5 Å². The third kappa shape index (κ3) is 4.52. The number of fused-ring (bicyclic) bond motifs is 1. The molecule has 4 aromatic rings. The molecule has 1 aromatic carbocycles. The maximum absolute atomic E-state index is 13.3. The average molecular weight is 453 g/mol. The molecule has 0 aliphatic rings. The first-order chi connectivity index (χ1) is 15.5. The van der Waals surface area contributed by atoms with Crippen molar-refractivity contribution < 1.29 is 9.18 Å². The van der Waals surface area contributed by atoms with Crippen molar-refractivity contribution >= 4 is 23.3 Å². The van der Waals surface area contributed by atoms with Crippen LogP contribution in [0.4, 0.5) is 4.39 Å². The molecular weight excluding hydrogens is 427 g/mol. The van der Waals surface area contributed by atoms with Gasteiger partial charge in [-0.15, -0.1) is 10.2 Å². The Bertz CT molecular complexity index is 1230. The molecule has 0 spiro atoms. The molecule has 32 heavy (non-hydrogen) atoms. The van der Waals surface area contributed by atoms with E-state index in [9.17, 15) is 9.18 Å². The lowest BCUT2D eigenvalue weighted by Gasteiger charge is -2.17. The Hall–Kier alpha value is -3.20. The lowest BCUT2D eigenvalue weighted by Crippen LogP contribution is -2.31. The van der Waals surface area contributed by atoms with Gasteiger partial charge in [-0.3, -0.25) is 9.20 Å². The van der Waals surface area contributed by atoms with E-state index in [1.807, 2.05) is 48.9 Å². The summed E-state index contributed by atoms with van der Waals surface area (Å²) in [6.07, 6.45) is 4.89. The van der Waals surface area contributed by atoms with Crippen molar-refractivity contribution in [1.82, 2.24) is 29.7 Å². The number of aromatic nitrogens is 5. The minimum absolute atomic E-state index is 0.103. The molecule has 4 rings (SSSR count). The van der Waals surface area contributed by atoms with Gasteiger partial charge in [-0.25, -0.2) is 9.07 Å². The minimum atomic E-state index is -0.299. The standard InChI is InChI=1S/C23H25FN6OS/c1-15-19(16(2)30(28-15)18-9-7-17(24)8-10-18)14-22(31)25-20(11-13-32-3)23-27-26-21-6-4-5-12-29(21)23/h4-10,12,20H,11,13-14H2,1-3H3,(H,25,31). The second-order valence-corrected chi connectivity index (χ2v) is 8.59.